The summed E-state index contributed by atoms with van der Waals surface area (Å²) < 4.78 is 13.1. The highest BCUT2D eigenvalue weighted by atomic mass is 16.5. The van der Waals surface area contributed by atoms with Crippen molar-refractivity contribution in [2.24, 2.45) is 34.5 Å². The van der Waals surface area contributed by atoms with Crippen LogP contribution in [0.3, 0.4) is 0 Å². The molecule has 10 atom stereocenters. The van der Waals surface area contributed by atoms with Crippen LogP contribution in [0.2, 0.25) is 0 Å². The number of aliphatic hydroxyl groups is 1. The number of quaternary nitrogens is 1. The highest BCUT2D eigenvalue weighted by molar-refractivity contribution is 5.66. The highest BCUT2D eigenvalue weighted by Crippen LogP contribution is 2.67. The molecule has 214 valence electrons. The molecule has 0 amide bonds. The van der Waals surface area contributed by atoms with E-state index in [2.05, 4.69) is 31.4 Å². The van der Waals surface area contributed by atoms with Gasteiger partial charge in [-0.25, -0.2) is 0 Å². The maximum atomic E-state index is 12.5. The molecule has 0 aromatic carbocycles. The van der Waals surface area contributed by atoms with Crippen LogP contribution < -0.4 is 0 Å². The summed E-state index contributed by atoms with van der Waals surface area (Å²) in [5.41, 5.74) is 0.343. The lowest BCUT2D eigenvalue weighted by atomic mass is 9.44. The zero-order valence-electron chi connectivity index (χ0n) is 24.3. The van der Waals surface area contributed by atoms with Crippen LogP contribution in [0, 0.1) is 34.5 Å². The van der Waals surface area contributed by atoms with Gasteiger partial charge in [-0.3, -0.25) is 9.69 Å². The molecule has 0 radical (unpaired) electrons. The number of nitrogens with zero attached hydrogens (tertiary/aromatic N) is 2. The molecule has 6 fully saturated rings. The standard InChI is InChI=1S/C32H53N2O4/c1-5-14-34(15-6-7-16-34)28-20-26-24-9-8-23-19-29(36)27(33-12-17-37-18-13-33)21-32(23,4)25(24)10-11-31(26,3)30(28)38-22(2)35/h5,23-30,36H,1,6-21H2,2-4H3/q+1/t23-,24+,25-,26-,27-,28+,29+,30-,31-,32-/m0/s1. The van der Waals surface area contributed by atoms with Gasteiger partial charge in [0.05, 0.1) is 39.0 Å². The molecule has 4 saturated carbocycles. The second-order valence-electron chi connectivity index (χ2n) is 14.6. The summed E-state index contributed by atoms with van der Waals surface area (Å²) in [4.78, 5) is 15.0. The molecule has 2 heterocycles. The molecule has 38 heavy (non-hydrogen) atoms. The van der Waals surface area contributed by atoms with E-state index in [9.17, 15) is 9.90 Å². The topological polar surface area (TPSA) is 59.0 Å². The molecular formula is C32H53N2O4+. The summed E-state index contributed by atoms with van der Waals surface area (Å²) in [7, 11) is 0. The lowest BCUT2D eigenvalue weighted by Gasteiger charge is -2.62. The second kappa shape index (κ2) is 10.2. The predicted molar refractivity (Wildman–Crippen MR) is 148 cm³/mol. The van der Waals surface area contributed by atoms with Gasteiger partial charge in [-0.05, 0) is 73.7 Å². The van der Waals surface area contributed by atoms with Crippen molar-refractivity contribution in [2.45, 2.75) is 103 Å². The fourth-order valence-electron chi connectivity index (χ4n) is 11.3. The van der Waals surface area contributed by atoms with Gasteiger partial charge in [-0.2, -0.15) is 0 Å². The van der Waals surface area contributed by atoms with Gasteiger partial charge in [0.15, 0.2) is 6.10 Å². The molecule has 0 aromatic heterocycles. The molecule has 6 heteroatoms. The van der Waals surface area contributed by atoms with E-state index in [0.717, 1.165) is 56.6 Å². The van der Waals surface area contributed by atoms with Gasteiger partial charge in [0.25, 0.3) is 0 Å². The summed E-state index contributed by atoms with van der Waals surface area (Å²) in [5, 5.41) is 11.3. The first-order valence-electron chi connectivity index (χ1n) is 15.9. The molecule has 6 aliphatic rings. The van der Waals surface area contributed by atoms with Gasteiger partial charge in [-0.15, -0.1) is 0 Å². The molecule has 2 saturated heterocycles. The average molecular weight is 530 g/mol. The van der Waals surface area contributed by atoms with Crippen LogP contribution in [-0.2, 0) is 14.3 Å². The zero-order chi connectivity index (χ0) is 26.7. The Labute approximate surface area is 230 Å². The summed E-state index contributed by atoms with van der Waals surface area (Å²) in [6, 6.07) is 0.663. The summed E-state index contributed by atoms with van der Waals surface area (Å²) >= 11 is 0. The Balaban J connectivity index is 1.30. The smallest absolute Gasteiger partial charge is 0.303 e. The first-order chi connectivity index (χ1) is 18.2. The van der Waals surface area contributed by atoms with Gasteiger partial charge in [0, 0.05) is 50.7 Å². The number of likely N-dealkylation sites (tertiary alicyclic amines) is 1. The molecule has 0 bridgehead atoms. The van der Waals surface area contributed by atoms with Crippen molar-refractivity contribution in [2.75, 3.05) is 45.9 Å². The van der Waals surface area contributed by atoms with E-state index in [4.69, 9.17) is 9.47 Å². The van der Waals surface area contributed by atoms with Crippen molar-refractivity contribution in [1.29, 1.82) is 0 Å². The monoisotopic (exact) mass is 529 g/mol. The fourth-order valence-corrected chi connectivity index (χ4v) is 11.3. The number of carbonyl (C=O) groups excluding carboxylic acids is 1. The number of morpholine rings is 1. The molecule has 1 N–H and O–H groups in total. The van der Waals surface area contributed by atoms with E-state index >= 15 is 0 Å². The third kappa shape index (κ3) is 4.23. The second-order valence-corrected chi connectivity index (χ2v) is 14.6. The summed E-state index contributed by atoms with van der Waals surface area (Å²) in [6.07, 6.45) is 12.7. The molecule has 0 spiro atoms. The lowest BCUT2D eigenvalue weighted by molar-refractivity contribution is -0.937. The fraction of sp³-hybridized carbons (Fsp3) is 0.906. The quantitative estimate of drug-likeness (QED) is 0.325. The van der Waals surface area contributed by atoms with Crippen LogP contribution >= 0.6 is 0 Å². The van der Waals surface area contributed by atoms with E-state index < -0.39 is 0 Å². The van der Waals surface area contributed by atoms with E-state index in [0.29, 0.717) is 29.7 Å². The molecule has 6 nitrogen and oxygen atoms in total. The average Bonchev–Trinajstić information content (AvgIpc) is 3.48. The molecule has 2 aliphatic heterocycles. The third-order valence-corrected chi connectivity index (χ3v) is 13.1. The van der Waals surface area contributed by atoms with Gasteiger partial charge in [-0.1, -0.05) is 20.4 Å². The maximum absolute atomic E-state index is 12.5. The predicted octanol–water partition coefficient (Wildman–Crippen LogP) is 4.41. The van der Waals surface area contributed by atoms with Crippen molar-refractivity contribution in [1.82, 2.24) is 4.90 Å². The number of hydrogen-bond acceptors (Lipinski definition) is 5. The largest absolute Gasteiger partial charge is 0.456 e. The minimum absolute atomic E-state index is 0.0174. The first kappa shape index (κ1) is 27.2. The van der Waals surface area contributed by atoms with E-state index in [1.807, 2.05) is 0 Å². The Morgan fingerprint density at radius 1 is 1.11 bits per heavy atom. The van der Waals surface area contributed by atoms with Crippen molar-refractivity contribution in [3.8, 4) is 0 Å². The Morgan fingerprint density at radius 2 is 1.84 bits per heavy atom. The Morgan fingerprint density at radius 3 is 2.53 bits per heavy atom. The van der Waals surface area contributed by atoms with E-state index in [-0.39, 0.29) is 35.0 Å². The number of rotatable bonds is 5. The van der Waals surface area contributed by atoms with Crippen LogP contribution in [0.25, 0.3) is 0 Å². The molecule has 4 aliphatic carbocycles. The van der Waals surface area contributed by atoms with E-state index in [1.54, 1.807) is 6.92 Å². The zero-order valence-corrected chi connectivity index (χ0v) is 24.3. The van der Waals surface area contributed by atoms with E-state index in [1.165, 1.54) is 51.6 Å². The Bertz CT molecular complexity index is 898. The number of aliphatic hydroxyl groups excluding tert-OH is 1. The van der Waals surface area contributed by atoms with Crippen molar-refractivity contribution < 1.29 is 23.9 Å². The number of carbonyl (C=O) groups is 1. The molecule has 0 unspecified atom stereocenters. The Hall–Kier alpha value is -0.950. The maximum Gasteiger partial charge on any atom is 0.303 e. The lowest BCUT2D eigenvalue weighted by Crippen LogP contribution is -2.61. The minimum Gasteiger partial charge on any atom is -0.456 e. The molecular weight excluding hydrogens is 476 g/mol. The number of esters is 1. The van der Waals surface area contributed by atoms with Gasteiger partial charge >= 0.3 is 5.97 Å². The van der Waals surface area contributed by atoms with Crippen LogP contribution in [0.1, 0.15) is 78.6 Å². The minimum atomic E-state index is -0.209. The summed E-state index contributed by atoms with van der Waals surface area (Å²) in [6.45, 7) is 17.7. The number of hydrogen-bond donors (Lipinski definition) is 1. The van der Waals surface area contributed by atoms with Crippen LogP contribution in [0.5, 0.6) is 0 Å². The number of fused-ring (bicyclic) bond motifs is 5. The first-order valence-corrected chi connectivity index (χ1v) is 15.9. The molecule has 0 aromatic rings. The normalized spacial score (nSPS) is 48.5. The van der Waals surface area contributed by atoms with Crippen LogP contribution in [0.4, 0.5) is 0 Å². The third-order valence-electron chi connectivity index (χ3n) is 13.1. The number of ether oxygens (including phenoxy) is 2. The van der Waals surface area contributed by atoms with Crippen LogP contribution in [0.15, 0.2) is 12.7 Å². The summed E-state index contributed by atoms with van der Waals surface area (Å²) in [5.74, 6) is 2.54. The Kier molecular flexibility index (Phi) is 7.27. The molecule has 6 rings (SSSR count). The van der Waals surface area contributed by atoms with Gasteiger partial charge in [0.1, 0.15) is 6.04 Å². The van der Waals surface area contributed by atoms with Crippen molar-refractivity contribution in [3.63, 3.8) is 0 Å². The van der Waals surface area contributed by atoms with Crippen molar-refractivity contribution in [3.05, 3.63) is 12.7 Å². The van der Waals surface area contributed by atoms with Gasteiger partial charge in [0.2, 0.25) is 0 Å². The SMILES string of the molecule is C=CC[N+]1([C@@H]2C[C@H]3[C@@H]4CC[C@H]5C[C@@H](O)[C@@H](N6CCOCC6)C[C@]5(C)[C@H]4CC[C@]3(C)[C@H]2OC(C)=O)CCCC1. The van der Waals surface area contributed by atoms with Crippen molar-refractivity contribution >= 4 is 5.97 Å². The van der Waals surface area contributed by atoms with Crippen LogP contribution in [-0.4, -0.2) is 90.7 Å². The highest BCUT2D eigenvalue weighted by Gasteiger charge is 2.67. The van der Waals surface area contributed by atoms with Gasteiger partial charge < -0.3 is 19.1 Å².